The number of phenolic OH excluding ortho intramolecular Hbond substituents is 1. The van der Waals surface area contributed by atoms with Crippen LogP contribution < -0.4 is 4.74 Å². The molecule has 4 atom stereocenters. The number of phenols is 1. The molecule has 0 unspecified atom stereocenters. The monoisotopic (exact) mass is 371 g/mol. The Morgan fingerprint density at radius 1 is 1.30 bits per heavy atom. The van der Waals surface area contributed by atoms with E-state index in [4.69, 9.17) is 4.74 Å². The minimum absolute atomic E-state index is 0.0636. The van der Waals surface area contributed by atoms with Crippen molar-refractivity contribution < 1.29 is 24.4 Å². The van der Waals surface area contributed by atoms with Gasteiger partial charge in [-0.25, -0.2) is 0 Å². The Morgan fingerprint density at radius 3 is 2.48 bits per heavy atom. The van der Waals surface area contributed by atoms with Crippen LogP contribution in [0.1, 0.15) is 18.9 Å². The molecule has 1 heterocycles. The molecule has 2 aliphatic carbocycles. The van der Waals surface area contributed by atoms with Crippen molar-refractivity contribution in [2.45, 2.75) is 13.3 Å². The zero-order valence-corrected chi connectivity index (χ0v) is 14.4. The quantitative estimate of drug-likeness (QED) is 0.277. The standard InChI is InChI=1S/C18H17N3O6/c1-2-27-13-6-9(5-12(16(13)22)21(25)26)8-19-20-17(23)14-10-3-4-11(7-10)15(14)18(20)24/h3-6,8,10-11,14-15,22H,2,7H2,1H3/b19-8-/t10-,11+,14-,15-/m0/s1. The largest absolute Gasteiger partial charge is 0.500 e. The van der Waals surface area contributed by atoms with Crippen molar-refractivity contribution in [1.29, 1.82) is 0 Å². The third-order valence-corrected chi connectivity index (χ3v) is 5.34. The number of hydrazone groups is 1. The Bertz CT molecular complexity index is 879. The Balaban J connectivity index is 1.63. The van der Waals surface area contributed by atoms with Gasteiger partial charge in [0, 0.05) is 11.6 Å². The number of hydrogen-bond acceptors (Lipinski definition) is 7. The van der Waals surface area contributed by atoms with Gasteiger partial charge in [0.15, 0.2) is 5.75 Å². The van der Waals surface area contributed by atoms with E-state index in [-0.39, 0.29) is 53.4 Å². The number of carbonyl (C=O) groups is 2. The van der Waals surface area contributed by atoms with Gasteiger partial charge in [0.05, 0.1) is 29.6 Å². The summed E-state index contributed by atoms with van der Waals surface area (Å²) >= 11 is 0. The fourth-order valence-electron chi connectivity index (χ4n) is 4.22. The molecule has 9 heteroatoms. The third kappa shape index (κ3) is 2.57. The molecule has 27 heavy (non-hydrogen) atoms. The van der Waals surface area contributed by atoms with Gasteiger partial charge in [-0.05, 0) is 31.2 Å². The van der Waals surface area contributed by atoms with Crippen LogP contribution in [0.2, 0.25) is 0 Å². The SMILES string of the molecule is CCOc1cc(/C=N\N2C(=O)[C@@H]3[C@@H](C2=O)[C@H]2C=C[C@@H]3C2)cc([N+](=O)[O-])c1O. The molecule has 1 aromatic carbocycles. The lowest BCUT2D eigenvalue weighted by Crippen LogP contribution is -2.28. The highest BCUT2D eigenvalue weighted by Gasteiger charge is 2.59. The lowest BCUT2D eigenvalue weighted by molar-refractivity contribution is -0.386. The van der Waals surface area contributed by atoms with Crippen LogP contribution in [0.15, 0.2) is 29.4 Å². The van der Waals surface area contributed by atoms with Crippen molar-refractivity contribution in [3.05, 3.63) is 40.0 Å². The highest BCUT2D eigenvalue weighted by Crippen LogP contribution is 2.52. The van der Waals surface area contributed by atoms with Crippen molar-refractivity contribution in [2.75, 3.05) is 6.61 Å². The number of amides is 2. The minimum Gasteiger partial charge on any atom is -0.500 e. The van der Waals surface area contributed by atoms with Gasteiger partial charge in [-0.2, -0.15) is 10.1 Å². The molecule has 1 saturated carbocycles. The van der Waals surface area contributed by atoms with Crippen LogP contribution in [0.3, 0.4) is 0 Å². The maximum atomic E-state index is 12.6. The topological polar surface area (TPSA) is 122 Å². The Labute approximate surface area is 154 Å². The van der Waals surface area contributed by atoms with E-state index in [2.05, 4.69) is 5.10 Å². The van der Waals surface area contributed by atoms with Crippen LogP contribution in [-0.2, 0) is 9.59 Å². The number of nitrogens with zero attached hydrogens (tertiary/aromatic N) is 3. The van der Waals surface area contributed by atoms with Crippen molar-refractivity contribution >= 4 is 23.7 Å². The second-order valence-corrected chi connectivity index (χ2v) is 6.81. The van der Waals surface area contributed by atoms with Crippen molar-refractivity contribution in [3.63, 3.8) is 0 Å². The maximum absolute atomic E-state index is 12.6. The van der Waals surface area contributed by atoms with Gasteiger partial charge in [-0.1, -0.05) is 12.2 Å². The van der Waals surface area contributed by atoms with Gasteiger partial charge >= 0.3 is 5.69 Å². The van der Waals surface area contributed by atoms with Crippen LogP contribution in [0.5, 0.6) is 11.5 Å². The first kappa shape index (κ1) is 17.2. The molecule has 3 aliphatic rings. The van der Waals surface area contributed by atoms with E-state index < -0.39 is 16.4 Å². The second-order valence-electron chi connectivity index (χ2n) is 6.81. The number of aromatic hydroxyl groups is 1. The summed E-state index contributed by atoms with van der Waals surface area (Å²) in [5.74, 6) is -1.88. The number of allylic oxidation sites excluding steroid dienone is 2. The van der Waals surface area contributed by atoms with Crippen molar-refractivity contribution in [3.8, 4) is 11.5 Å². The summed E-state index contributed by atoms with van der Waals surface area (Å²) in [6.45, 7) is 1.88. The molecule has 2 fully saturated rings. The number of nitro benzene ring substituents is 1. The number of hydrogen-bond donors (Lipinski definition) is 1. The smallest absolute Gasteiger partial charge is 0.315 e. The molecule has 1 aliphatic heterocycles. The first-order chi connectivity index (χ1) is 12.9. The molecule has 0 radical (unpaired) electrons. The summed E-state index contributed by atoms with van der Waals surface area (Å²) in [6, 6.07) is 2.48. The number of benzene rings is 1. The molecule has 0 spiro atoms. The number of fused-ring (bicyclic) bond motifs is 5. The first-order valence-electron chi connectivity index (χ1n) is 8.66. The normalized spacial score (nSPS) is 28.4. The average molecular weight is 371 g/mol. The minimum atomic E-state index is -0.741. The van der Waals surface area contributed by atoms with Crippen LogP contribution in [0.25, 0.3) is 0 Å². The van der Waals surface area contributed by atoms with E-state index in [0.717, 1.165) is 17.5 Å². The van der Waals surface area contributed by atoms with E-state index in [1.54, 1.807) is 6.92 Å². The predicted molar refractivity (Wildman–Crippen MR) is 93.1 cm³/mol. The summed E-state index contributed by atoms with van der Waals surface area (Å²) in [5.41, 5.74) is -0.303. The van der Waals surface area contributed by atoms with Gasteiger partial charge in [0.1, 0.15) is 0 Å². The maximum Gasteiger partial charge on any atom is 0.315 e. The summed E-state index contributed by atoms with van der Waals surface area (Å²) in [7, 11) is 0. The van der Waals surface area contributed by atoms with Crippen LogP contribution >= 0.6 is 0 Å². The summed E-state index contributed by atoms with van der Waals surface area (Å²) in [6.07, 6.45) is 6.00. The van der Waals surface area contributed by atoms with Crippen molar-refractivity contribution in [1.82, 2.24) is 5.01 Å². The second kappa shape index (κ2) is 6.19. The van der Waals surface area contributed by atoms with E-state index in [1.807, 2.05) is 12.2 Å². The predicted octanol–water partition coefficient (Wildman–Crippen LogP) is 1.84. The lowest BCUT2D eigenvalue weighted by Gasteiger charge is -2.13. The number of rotatable bonds is 5. The van der Waals surface area contributed by atoms with E-state index in [1.165, 1.54) is 12.3 Å². The molecular formula is C18H17N3O6. The lowest BCUT2D eigenvalue weighted by atomic mass is 9.85. The van der Waals surface area contributed by atoms with E-state index in [9.17, 15) is 24.8 Å². The molecule has 1 saturated heterocycles. The van der Waals surface area contributed by atoms with Crippen LogP contribution in [-0.4, -0.2) is 39.7 Å². The average Bonchev–Trinajstić information content (AvgIpc) is 3.30. The molecule has 9 nitrogen and oxygen atoms in total. The van der Waals surface area contributed by atoms with Crippen molar-refractivity contribution in [2.24, 2.45) is 28.8 Å². The van der Waals surface area contributed by atoms with Gasteiger partial charge in [-0.15, -0.1) is 0 Å². The number of carbonyl (C=O) groups excluding carboxylic acids is 2. The summed E-state index contributed by atoms with van der Waals surface area (Å²) < 4.78 is 5.21. The zero-order valence-electron chi connectivity index (χ0n) is 14.4. The van der Waals surface area contributed by atoms with Crippen LogP contribution in [0, 0.1) is 33.8 Å². The number of imide groups is 1. The highest BCUT2D eigenvalue weighted by atomic mass is 16.6. The fourth-order valence-corrected chi connectivity index (χ4v) is 4.22. The summed E-state index contributed by atoms with van der Waals surface area (Å²) in [4.78, 5) is 35.6. The molecule has 2 amide bonds. The van der Waals surface area contributed by atoms with E-state index >= 15 is 0 Å². The molecule has 0 aromatic heterocycles. The molecule has 1 aromatic rings. The van der Waals surface area contributed by atoms with Crippen LogP contribution in [0.4, 0.5) is 5.69 Å². The van der Waals surface area contributed by atoms with Gasteiger partial charge in [0.2, 0.25) is 5.75 Å². The van der Waals surface area contributed by atoms with Gasteiger partial charge < -0.3 is 9.84 Å². The molecule has 1 N–H and O–H groups in total. The van der Waals surface area contributed by atoms with Gasteiger partial charge in [0.25, 0.3) is 11.8 Å². The third-order valence-electron chi connectivity index (χ3n) is 5.34. The Morgan fingerprint density at radius 2 is 1.93 bits per heavy atom. The number of ether oxygens (including phenoxy) is 1. The Hall–Kier alpha value is -3.23. The fraction of sp³-hybridized carbons (Fsp3) is 0.389. The van der Waals surface area contributed by atoms with E-state index in [0.29, 0.717) is 0 Å². The first-order valence-corrected chi connectivity index (χ1v) is 8.66. The number of nitro groups is 1. The molecule has 2 bridgehead atoms. The zero-order chi connectivity index (χ0) is 19.3. The molecule has 4 rings (SSSR count). The highest BCUT2D eigenvalue weighted by molar-refractivity contribution is 6.06. The Kier molecular flexibility index (Phi) is 3.94. The summed E-state index contributed by atoms with van der Waals surface area (Å²) in [5, 5.41) is 25.9. The molecular weight excluding hydrogens is 354 g/mol. The van der Waals surface area contributed by atoms with Gasteiger partial charge in [-0.3, -0.25) is 19.7 Å². The molecule has 140 valence electrons.